The zero-order chi connectivity index (χ0) is 15.0. The van der Waals surface area contributed by atoms with Crippen molar-refractivity contribution in [3.05, 3.63) is 35.9 Å². The quantitative estimate of drug-likeness (QED) is 0.683. The molecule has 1 atom stereocenters. The average molecular weight is 299 g/mol. The molecule has 0 radical (unpaired) electrons. The highest BCUT2D eigenvalue weighted by Gasteiger charge is 2.16. The van der Waals surface area contributed by atoms with Gasteiger partial charge in [0, 0.05) is 13.0 Å². The van der Waals surface area contributed by atoms with Gasteiger partial charge >= 0.3 is 5.97 Å². The first-order valence-corrected chi connectivity index (χ1v) is 8.30. The SMILES string of the molecule is CC(CS(=O)(=O)NCCCCC(=O)O)c1ccccc1. The molecule has 5 nitrogen and oxygen atoms in total. The van der Waals surface area contributed by atoms with Crippen molar-refractivity contribution in [3.8, 4) is 0 Å². The Labute approximate surface area is 120 Å². The molecule has 0 heterocycles. The van der Waals surface area contributed by atoms with Gasteiger partial charge in [-0.3, -0.25) is 4.79 Å². The number of benzene rings is 1. The fraction of sp³-hybridized carbons (Fsp3) is 0.500. The fourth-order valence-electron chi connectivity index (χ4n) is 1.89. The predicted octanol–water partition coefficient (Wildman–Crippen LogP) is 1.96. The van der Waals surface area contributed by atoms with Crippen LogP contribution < -0.4 is 4.72 Å². The first-order valence-electron chi connectivity index (χ1n) is 6.65. The molecule has 0 saturated heterocycles. The lowest BCUT2D eigenvalue weighted by molar-refractivity contribution is -0.137. The predicted molar refractivity (Wildman–Crippen MR) is 78.1 cm³/mol. The summed E-state index contributed by atoms with van der Waals surface area (Å²) >= 11 is 0. The Kier molecular flexibility index (Phi) is 6.67. The number of nitrogens with one attached hydrogen (secondary N) is 1. The van der Waals surface area contributed by atoms with Crippen molar-refractivity contribution >= 4 is 16.0 Å². The summed E-state index contributed by atoms with van der Waals surface area (Å²) in [5, 5.41) is 8.48. The van der Waals surface area contributed by atoms with E-state index in [0.717, 1.165) is 5.56 Å². The topological polar surface area (TPSA) is 83.5 Å². The molecule has 2 N–H and O–H groups in total. The highest BCUT2D eigenvalue weighted by Crippen LogP contribution is 2.16. The third kappa shape index (κ3) is 6.68. The van der Waals surface area contributed by atoms with Crippen LogP contribution in [0.1, 0.15) is 37.7 Å². The van der Waals surface area contributed by atoms with Crippen LogP contribution in [0.15, 0.2) is 30.3 Å². The number of sulfonamides is 1. The van der Waals surface area contributed by atoms with Crippen LogP contribution in [0.4, 0.5) is 0 Å². The van der Waals surface area contributed by atoms with E-state index in [1.54, 1.807) is 0 Å². The summed E-state index contributed by atoms with van der Waals surface area (Å²) in [6, 6.07) is 9.49. The summed E-state index contributed by atoms with van der Waals surface area (Å²) in [6.07, 6.45) is 1.08. The van der Waals surface area contributed by atoms with Gasteiger partial charge in [-0.25, -0.2) is 13.1 Å². The molecular formula is C14H21NO4S. The molecule has 20 heavy (non-hydrogen) atoms. The number of aliphatic carboxylic acids is 1. The van der Waals surface area contributed by atoms with Crippen LogP contribution in [0.2, 0.25) is 0 Å². The fourth-order valence-corrected chi connectivity index (χ4v) is 3.32. The van der Waals surface area contributed by atoms with Crippen LogP contribution in [-0.2, 0) is 14.8 Å². The summed E-state index contributed by atoms with van der Waals surface area (Å²) in [7, 11) is -3.33. The van der Waals surface area contributed by atoms with E-state index in [1.807, 2.05) is 37.3 Å². The second-order valence-corrected chi connectivity index (χ2v) is 6.69. The zero-order valence-electron chi connectivity index (χ0n) is 11.6. The van der Waals surface area contributed by atoms with Gasteiger partial charge in [-0.05, 0) is 24.3 Å². The molecule has 1 aromatic rings. The van der Waals surface area contributed by atoms with Crippen molar-refractivity contribution in [2.24, 2.45) is 0 Å². The van der Waals surface area contributed by atoms with Crippen molar-refractivity contribution in [3.63, 3.8) is 0 Å². The number of rotatable bonds is 9. The van der Waals surface area contributed by atoms with Crippen molar-refractivity contribution in [1.82, 2.24) is 4.72 Å². The summed E-state index contributed by atoms with van der Waals surface area (Å²) in [5.41, 5.74) is 0.990. The van der Waals surface area contributed by atoms with Crippen LogP contribution in [0.25, 0.3) is 0 Å². The Morgan fingerprint density at radius 2 is 1.90 bits per heavy atom. The highest BCUT2D eigenvalue weighted by molar-refractivity contribution is 7.89. The number of unbranched alkanes of at least 4 members (excludes halogenated alkanes) is 1. The molecular weight excluding hydrogens is 278 g/mol. The molecule has 0 aromatic heterocycles. The monoisotopic (exact) mass is 299 g/mol. The minimum absolute atomic E-state index is 0.0376. The smallest absolute Gasteiger partial charge is 0.303 e. The third-order valence-corrected chi connectivity index (χ3v) is 4.56. The molecule has 6 heteroatoms. The second-order valence-electron chi connectivity index (χ2n) is 4.84. The maximum Gasteiger partial charge on any atom is 0.303 e. The number of hydrogen-bond acceptors (Lipinski definition) is 3. The van der Waals surface area contributed by atoms with Gasteiger partial charge in [-0.1, -0.05) is 37.3 Å². The Morgan fingerprint density at radius 1 is 1.25 bits per heavy atom. The lowest BCUT2D eigenvalue weighted by atomic mass is 10.0. The minimum Gasteiger partial charge on any atom is -0.481 e. The maximum atomic E-state index is 11.9. The molecule has 0 fully saturated rings. The van der Waals surface area contributed by atoms with E-state index in [4.69, 9.17) is 5.11 Å². The van der Waals surface area contributed by atoms with Gasteiger partial charge in [0.25, 0.3) is 0 Å². The first kappa shape index (κ1) is 16.7. The number of carboxylic acids is 1. The van der Waals surface area contributed by atoms with Crippen molar-refractivity contribution in [2.75, 3.05) is 12.3 Å². The maximum absolute atomic E-state index is 11.9. The number of carbonyl (C=O) groups is 1. The van der Waals surface area contributed by atoms with Gasteiger partial charge in [-0.15, -0.1) is 0 Å². The molecule has 0 aliphatic heterocycles. The second kappa shape index (κ2) is 8.01. The Bertz CT molecular complexity index is 513. The highest BCUT2D eigenvalue weighted by atomic mass is 32.2. The molecule has 1 rings (SSSR count). The zero-order valence-corrected chi connectivity index (χ0v) is 12.4. The molecule has 0 aliphatic rings. The lowest BCUT2D eigenvalue weighted by Crippen LogP contribution is -2.29. The minimum atomic E-state index is -3.33. The van der Waals surface area contributed by atoms with E-state index < -0.39 is 16.0 Å². The summed E-state index contributed by atoms with van der Waals surface area (Å²) in [6.45, 7) is 2.16. The van der Waals surface area contributed by atoms with E-state index in [0.29, 0.717) is 12.8 Å². The van der Waals surface area contributed by atoms with Gasteiger partial charge in [0.2, 0.25) is 10.0 Å². The van der Waals surface area contributed by atoms with Gasteiger partial charge in [0.05, 0.1) is 5.75 Å². The van der Waals surface area contributed by atoms with Gasteiger partial charge in [0.15, 0.2) is 0 Å². The van der Waals surface area contributed by atoms with E-state index in [9.17, 15) is 13.2 Å². The third-order valence-electron chi connectivity index (χ3n) is 2.98. The molecule has 1 aromatic carbocycles. The Morgan fingerprint density at radius 3 is 2.50 bits per heavy atom. The largest absolute Gasteiger partial charge is 0.481 e. The molecule has 0 amide bonds. The Hall–Kier alpha value is -1.40. The Balaban J connectivity index is 2.36. The number of carboxylic acid groups (broad SMARTS) is 1. The van der Waals surface area contributed by atoms with Crippen LogP contribution in [0.5, 0.6) is 0 Å². The van der Waals surface area contributed by atoms with E-state index in [2.05, 4.69) is 4.72 Å². The number of hydrogen-bond donors (Lipinski definition) is 2. The average Bonchev–Trinajstić information content (AvgIpc) is 2.38. The van der Waals surface area contributed by atoms with Gasteiger partial charge < -0.3 is 5.11 Å². The van der Waals surface area contributed by atoms with Crippen molar-refractivity contribution in [2.45, 2.75) is 32.1 Å². The van der Waals surface area contributed by atoms with Gasteiger partial charge in [-0.2, -0.15) is 0 Å². The molecule has 0 spiro atoms. The van der Waals surface area contributed by atoms with Crippen LogP contribution in [0.3, 0.4) is 0 Å². The van der Waals surface area contributed by atoms with Crippen LogP contribution in [-0.4, -0.2) is 31.8 Å². The molecule has 0 aliphatic carbocycles. The first-order chi connectivity index (χ1) is 9.41. The summed E-state index contributed by atoms with van der Waals surface area (Å²) < 4.78 is 26.3. The van der Waals surface area contributed by atoms with Crippen LogP contribution >= 0.6 is 0 Å². The standard InChI is InChI=1S/C14H21NO4S/c1-12(13-7-3-2-4-8-13)11-20(18,19)15-10-6-5-9-14(16)17/h2-4,7-8,12,15H,5-6,9-11H2,1H3,(H,16,17). The lowest BCUT2D eigenvalue weighted by Gasteiger charge is -2.13. The van der Waals surface area contributed by atoms with Crippen molar-refractivity contribution in [1.29, 1.82) is 0 Å². The van der Waals surface area contributed by atoms with Gasteiger partial charge in [0.1, 0.15) is 0 Å². The molecule has 0 saturated carbocycles. The normalized spacial score (nSPS) is 13.1. The van der Waals surface area contributed by atoms with E-state index in [-0.39, 0.29) is 24.6 Å². The summed E-state index contributed by atoms with van der Waals surface area (Å²) in [5.74, 6) is -0.895. The van der Waals surface area contributed by atoms with Crippen LogP contribution in [0, 0.1) is 0 Å². The van der Waals surface area contributed by atoms with E-state index >= 15 is 0 Å². The summed E-state index contributed by atoms with van der Waals surface area (Å²) in [4.78, 5) is 10.3. The molecule has 112 valence electrons. The molecule has 1 unspecified atom stereocenters. The molecule has 0 bridgehead atoms. The van der Waals surface area contributed by atoms with Crippen molar-refractivity contribution < 1.29 is 18.3 Å². The van der Waals surface area contributed by atoms with E-state index in [1.165, 1.54) is 0 Å².